The van der Waals surface area contributed by atoms with Crippen molar-refractivity contribution in [3.63, 3.8) is 0 Å². The van der Waals surface area contributed by atoms with E-state index in [2.05, 4.69) is 5.32 Å². The van der Waals surface area contributed by atoms with Gasteiger partial charge in [0.15, 0.2) is 12.2 Å². The van der Waals surface area contributed by atoms with Gasteiger partial charge in [-0.2, -0.15) is 0 Å². The minimum atomic E-state index is -1.14. The average molecular weight is 316 g/mol. The molecule has 0 saturated heterocycles. The summed E-state index contributed by atoms with van der Waals surface area (Å²) in [5, 5.41) is 11.9. The van der Waals surface area contributed by atoms with Crippen molar-refractivity contribution in [3.8, 4) is 5.75 Å². The molecule has 0 aliphatic carbocycles. The molecule has 2 unspecified atom stereocenters. The van der Waals surface area contributed by atoms with E-state index in [1.54, 1.807) is 25.1 Å². The van der Waals surface area contributed by atoms with E-state index in [1.165, 1.54) is 7.11 Å². The molecule has 1 amide bonds. The zero-order valence-electron chi connectivity index (χ0n) is 12.1. The first kappa shape index (κ1) is 17.3. The fourth-order valence-electron chi connectivity index (χ4n) is 1.60. The molecule has 0 aliphatic heterocycles. The summed E-state index contributed by atoms with van der Waals surface area (Å²) >= 11 is 5.84. The molecule has 0 radical (unpaired) electrons. The fraction of sp³-hybridized carbons (Fsp3) is 0.429. The number of carboxylic acids is 1. The molecular formula is C14H18ClNO5. The van der Waals surface area contributed by atoms with Gasteiger partial charge in [0.1, 0.15) is 5.75 Å². The largest absolute Gasteiger partial charge is 0.481 e. The molecule has 0 spiro atoms. The van der Waals surface area contributed by atoms with Crippen LogP contribution in [0.4, 0.5) is 0 Å². The van der Waals surface area contributed by atoms with Crippen LogP contribution in [0.3, 0.4) is 0 Å². The maximum Gasteiger partial charge on any atom is 0.334 e. The van der Waals surface area contributed by atoms with E-state index in [0.29, 0.717) is 10.8 Å². The summed E-state index contributed by atoms with van der Waals surface area (Å²) in [5.41, 5.74) is 0.808. The van der Waals surface area contributed by atoms with E-state index in [1.807, 2.05) is 6.92 Å². The van der Waals surface area contributed by atoms with Gasteiger partial charge >= 0.3 is 5.97 Å². The van der Waals surface area contributed by atoms with Gasteiger partial charge in [-0.25, -0.2) is 4.79 Å². The van der Waals surface area contributed by atoms with Crippen molar-refractivity contribution in [1.29, 1.82) is 0 Å². The van der Waals surface area contributed by atoms with E-state index in [-0.39, 0.29) is 6.54 Å². The molecule has 0 fully saturated rings. The summed E-state index contributed by atoms with van der Waals surface area (Å²) in [5.74, 6) is -1.02. The molecule has 0 heterocycles. The second kappa shape index (κ2) is 7.85. The summed E-state index contributed by atoms with van der Waals surface area (Å²) in [6.07, 6.45) is -1.85. The Hall–Kier alpha value is -1.79. The number of carbonyl (C=O) groups is 2. The molecule has 0 saturated carbocycles. The van der Waals surface area contributed by atoms with Crippen LogP contribution in [-0.2, 0) is 14.3 Å². The number of hydrogen-bond donors (Lipinski definition) is 2. The summed E-state index contributed by atoms with van der Waals surface area (Å²) in [4.78, 5) is 22.6. The van der Waals surface area contributed by atoms with Crippen LogP contribution in [0.5, 0.6) is 5.75 Å². The highest BCUT2D eigenvalue weighted by atomic mass is 35.5. The molecule has 0 bridgehead atoms. The van der Waals surface area contributed by atoms with Crippen LogP contribution < -0.4 is 10.1 Å². The van der Waals surface area contributed by atoms with Crippen molar-refractivity contribution >= 4 is 23.5 Å². The fourth-order valence-corrected chi connectivity index (χ4v) is 1.82. The van der Waals surface area contributed by atoms with E-state index >= 15 is 0 Å². The number of methoxy groups -OCH3 is 1. The number of benzene rings is 1. The number of rotatable bonds is 7. The molecule has 1 aromatic rings. The van der Waals surface area contributed by atoms with E-state index in [0.717, 1.165) is 5.56 Å². The number of aryl methyl sites for hydroxylation is 1. The SMILES string of the molecule is COC(CNC(=O)C(C)Oc1ccc(Cl)cc1C)C(=O)O. The van der Waals surface area contributed by atoms with Gasteiger partial charge < -0.3 is 19.9 Å². The van der Waals surface area contributed by atoms with Crippen LogP contribution >= 0.6 is 11.6 Å². The first-order chi connectivity index (χ1) is 9.85. The highest BCUT2D eigenvalue weighted by Gasteiger charge is 2.20. The highest BCUT2D eigenvalue weighted by Crippen LogP contribution is 2.22. The van der Waals surface area contributed by atoms with E-state index < -0.39 is 24.1 Å². The van der Waals surface area contributed by atoms with Crippen molar-refractivity contribution in [2.24, 2.45) is 0 Å². The standard InChI is InChI=1S/C14H18ClNO5/c1-8-6-10(15)4-5-11(8)21-9(2)13(17)16-7-12(20-3)14(18)19/h4-6,9,12H,7H2,1-3H3,(H,16,17)(H,18,19). The minimum Gasteiger partial charge on any atom is -0.481 e. The van der Waals surface area contributed by atoms with Gasteiger partial charge in [0.2, 0.25) is 0 Å². The Morgan fingerprint density at radius 1 is 1.43 bits per heavy atom. The molecule has 116 valence electrons. The van der Waals surface area contributed by atoms with Gasteiger partial charge in [-0.15, -0.1) is 0 Å². The molecule has 1 aromatic carbocycles. The van der Waals surface area contributed by atoms with Crippen LogP contribution in [0.15, 0.2) is 18.2 Å². The molecule has 2 atom stereocenters. The quantitative estimate of drug-likeness (QED) is 0.799. The Balaban J connectivity index is 2.56. The number of amides is 1. The van der Waals surface area contributed by atoms with Crippen molar-refractivity contribution in [2.45, 2.75) is 26.1 Å². The predicted octanol–water partition coefficient (Wildman–Crippen LogP) is 1.63. The van der Waals surface area contributed by atoms with Gasteiger partial charge in [0, 0.05) is 12.1 Å². The van der Waals surface area contributed by atoms with Gasteiger partial charge in [-0.05, 0) is 37.6 Å². The summed E-state index contributed by atoms with van der Waals surface area (Å²) < 4.78 is 10.3. The number of ether oxygens (including phenoxy) is 2. The lowest BCUT2D eigenvalue weighted by molar-refractivity contribution is -0.148. The number of halogens is 1. The van der Waals surface area contributed by atoms with Crippen molar-refractivity contribution in [3.05, 3.63) is 28.8 Å². The number of hydrogen-bond acceptors (Lipinski definition) is 4. The molecule has 21 heavy (non-hydrogen) atoms. The highest BCUT2D eigenvalue weighted by molar-refractivity contribution is 6.30. The Morgan fingerprint density at radius 3 is 2.62 bits per heavy atom. The van der Waals surface area contributed by atoms with Crippen LogP contribution in [0.1, 0.15) is 12.5 Å². The van der Waals surface area contributed by atoms with Crippen LogP contribution in [-0.4, -0.2) is 42.8 Å². The lowest BCUT2D eigenvalue weighted by Crippen LogP contribution is -2.43. The monoisotopic (exact) mass is 315 g/mol. The maximum atomic E-state index is 11.9. The zero-order valence-corrected chi connectivity index (χ0v) is 12.8. The van der Waals surface area contributed by atoms with E-state index in [4.69, 9.17) is 26.2 Å². The molecule has 6 nitrogen and oxygen atoms in total. The molecule has 1 rings (SSSR count). The number of carbonyl (C=O) groups excluding carboxylic acids is 1. The number of carboxylic acid groups (broad SMARTS) is 1. The Bertz CT molecular complexity index is 520. The van der Waals surface area contributed by atoms with Gasteiger partial charge in [0.05, 0.1) is 6.54 Å². The molecule has 2 N–H and O–H groups in total. The lowest BCUT2D eigenvalue weighted by Gasteiger charge is -2.17. The van der Waals surface area contributed by atoms with Crippen molar-refractivity contribution < 1.29 is 24.2 Å². The molecule has 0 aliphatic rings. The van der Waals surface area contributed by atoms with Gasteiger partial charge in [-0.1, -0.05) is 11.6 Å². The Morgan fingerprint density at radius 2 is 2.10 bits per heavy atom. The Kier molecular flexibility index (Phi) is 6.45. The molecular weight excluding hydrogens is 298 g/mol. The lowest BCUT2D eigenvalue weighted by atomic mass is 10.2. The second-order valence-corrected chi connectivity index (χ2v) is 4.91. The van der Waals surface area contributed by atoms with Crippen LogP contribution in [0, 0.1) is 6.92 Å². The number of aliphatic carboxylic acids is 1. The first-order valence-corrected chi connectivity index (χ1v) is 6.69. The van der Waals surface area contributed by atoms with Crippen molar-refractivity contribution in [2.75, 3.05) is 13.7 Å². The van der Waals surface area contributed by atoms with E-state index in [9.17, 15) is 9.59 Å². The molecule has 7 heteroatoms. The third kappa shape index (κ3) is 5.24. The second-order valence-electron chi connectivity index (χ2n) is 4.48. The third-order valence-electron chi connectivity index (χ3n) is 2.83. The van der Waals surface area contributed by atoms with Gasteiger partial charge in [-0.3, -0.25) is 4.79 Å². The summed E-state index contributed by atoms with van der Waals surface area (Å²) in [6, 6.07) is 5.07. The topological polar surface area (TPSA) is 84.9 Å². The van der Waals surface area contributed by atoms with Crippen LogP contribution in [0.2, 0.25) is 5.02 Å². The third-order valence-corrected chi connectivity index (χ3v) is 3.07. The number of nitrogens with one attached hydrogen (secondary N) is 1. The first-order valence-electron chi connectivity index (χ1n) is 6.31. The average Bonchev–Trinajstić information content (AvgIpc) is 2.41. The predicted molar refractivity (Wildman–Crippen MR) is 77.7 cm³/mol. The van der Waals surface area contributed by atoms with Crippen molar-refractivity contribution in [1.82, 2.24) is 5.32 Å². The van der Waals surface area contributed by atoms with Gasteiger partial charge in [0.25, 0.3) is 5.91 Å². The smallest absolute Gasteiger partial charge is 0.334 e. The van der Waals surface area contributed by atoms with Crippen LogP contribution in [0.25, 0.3) is 0 Å². The molecule has 0 aromatic heterocycles. The zero-order chi connectivity index (χ0) is 16.0. The normalized spacial score (nSPS) is 13.3. The Labute approximate surface area is 128 Å². The maximum absolute atomic E-state index is 11.9. The summed E-state index contributed by atoms with van der Waals surface area (Å²) in [6.45, 7) is 3.27. The minimum absolute atomic E-state index is 0.127. The summed E-state index contributed by atoms with van der Waals surface area (Å²) in [7, 11) is 1.27.